The number of benzene rings is 3. The van der Waals surface area contributed by atoms with E-state index in [2.05, 4.69) is 5.32 Å². The molecule has 0 unspecified atom stereocenters. The summed E-state index contributed by atoms with van der Waals surface area (Å²) in [6.45, 7) is -0.646. The Morgan fingerprint density at radius 1 is 0.808 bits per heavy atom. The van der Waals surface area contributed by atoms with E-state index in [1.54, 1.807) is 24.3 Å². The van der Waals surface area contributed by atoms with Crippen LogP contribution >= 0.6 is 0 Å². The van der Waals surface area contributed by atoms with Crippen LogP contribution in [-0.4, -0.2) is 25.1 Å². The molecule has 0 aliphatic carbocycles. The molecule has 0 radical (unpaired) electrons. The van der Waals surface area contributed by atoms with Crippen molar-refractivity contribution in [2.24, 2.45) is 0 Å². The van der Waals surface area contributed by atoms with Crippen molar-refractivity contribution in [1.82, 2.24) is 0 Å². The average molecular weight is 350 g/mol. The molecule has 0 aliphatic heterocycles. The number of carbonyl (C=O) groups is 2. The molecule has 0 aromatic heterocycles. The van der Waals surface area contributed by atoms with Gasteiger partial charge in [-0.15, -0.1) is 0 Å². The summed E-state index contributed by atoms with van der Waals surface area (Å²) in [5.41, 5.74) is 0.554. The summed E-state index contributed by atoms with van der Waals surface area (Å²) in [6, 6.07) is 19.9. The molecule has 0 aliphatic rings. The Morgan fingerprint density at radius 2 is 1.46 bits per heavy atom. The van der Waals surface area contributed by atoms with E-state index in [0.29, 0.717) is 17.2 Å². The van der Waals surface area contributed by atoms with Crippen molar-refractivity contribution in [2.75, 3.05) is 18.5 Å². The third kappa shape index (κ3) is 4.73. The highest BCUT2D eigenvalue weighted by atomic mass is 16.5. The maximum atomic E-state index is 12.0. The third-order valence-electron chi connectivity index (χ3n) is 3.59. The molecule has 0 saturated heterocycles. The van der Waals surface area contributed by atoms with Crippen molar-refractivity contribution < 1.29 is 24.2 Å². The van der Waals surface area contributed by atoms with Gasteiger partial charge in [0, 0.05) is 5.69 Å². The number of hydrogen-bond donors (Lipinski definition) is 1. The summed E-state index contributed by atoms with van der Waals surface area (Å²) in [6.07, 6.45) is 0. The van der Waals surface area contributed by atoms with Crippen molar-refractivity contribution in [3.05, 3.63) is 66.7 Å². The fourth-order valence-corrected chi connectivity index (χ4v) is 2.38. The highest BCUT2D eigenvalue weighted by molar-refractivity contribution is 5.92. The van der Waals surface area contributed by atoms with Crippen LogP contribution in [0.1, 0.15) is 0 Å². The first-order chi connectivity index (χ1) is 12.6. The molecule has 0 saturated carbocycles. The number of aliphatic carboxylic acids is 1. The molecule has 26 heavy (non-hydrogen) atoms. The lowest BCUT2D eigenvalue weighted by atomic mass is 10.1. The largest absolute Gasteiger partial charge is 0.546 e. The van der Waals surface area contributed by atoms with Gasteiger partial charge >= 0.3 is 0 Å². The van der Waals surface area contributed by atoms with Gasteiger partial charge in [0.25, 0.3) is 5.91 Å². The molecular formula is C20H16NO5-. The molecule has 3 aromatic carbocycles. The van der Waals surface area contributed by atoms with Crippen LogP contribution in [0.3, 0.4) is 0 Å². The molecule has 0 bridgehead atoms. The minimum absolute atomic E-state index is 0.124. The van der Waals surface area contributed by atoms with E-state index in [1.165, 1.54) is 0 Å². The summed E-state index contributed by atoms with van der Waals surface area (Å²) in [5.74, 6) is -0.612. The molecule has 6 heteroatoms. The number of fused-ring (bicyclic) bond motifs is 1. The maximum absolute atomic E-state index is 12.0. The zero-order valence-electron chi connectivity index (χ0n) is 13.8. The Balaban J connectivity index is 1.52. The molecule has 1 amide bonds. The van der Waals surface area contributed by atoms with E-state index in [9.17, 15) is 14.7 Å². The molecule has 0 atom stereocenters. The Kier molecular flexibility index (Phi) is 5.34. The zero-order valence-corrected chi connectivity index (χ0v) is 13.8. The van der Waals surface area contributed by atoms with E-state index in [4.69, 9.17) is 9.47 Å². The van der Waals surface area contributed by atoms with Gasteiger partial charge in [0.15, 0.2) is 6.61 Å². The highest BCUT2D eigenvalue weighted by Crippen LogP contribution is 2.20. The van der Waals surface area contributed by atoms with Gasteiger partial charge in [-0.3, -0.25) is 4.79 Å². The first kappa shape index (κ1) is 17.3. The van der Waals surface area contributed by atoms with E-state index in [-0.39, 0.29) is 12.5 Å². The molecule has 6 nitrogen and oxygen atoms in total. The van der Waals surface area contributed by atoms with Gasteiger partial charge in [-0.2, -0.15) is 0 Å². The lowest BCUT2D eigenvalue weighted by Gasteiger charge is -2.10. The predicted molar refractivity (Wildman–Crippen MR) is 95.0 cm³/mol. The fourth-order valence-electron chi connectivity index (χ4n) is 2.38. The van der Waals surface area contributed by atoms with Crippen LogP contribution in [0.4, 0.5) is 5.69 Å². The van der Waals surface area contributed by atoms with Crippen LogP contribution in [0.2, 0.25) is 0 Å². The number of carboxylic acids is 1. The molecule has 0 spiro atoms. The van der Waals surface area contributed by atoms with Gasteiger partial charge in [0.05, 0.1) is 5.97 Å². The van der Waals surface area contributed by atoms with E-state index < -0.39 is 12.6 Å². The van der Waals surface area contributed by atoms with Gasteiger partial charge in [-0.05, 0) is 47.2 Å². The van der Waals surface area contributed by atoms with Crippen molar-refractivity contribution in [3.8, 4) is 11.5 Å². The summed E-state index contributed by atoms with van der Waals surface area (Å²) < 4.78 is 10.5. The van der Waals surface area contributed by atoms with Crippen LogP contribution in [0.5, 0.6) is 11.5 Å². The predicted octanol–water partition coefficient (Wildman–Crippen LogP) is 1.99. The smallest absolute Gasteiger partial charge is 0.262 e. The van der Waals surface area contributed by atoms with Crippen LogP contribution in [0, 0.1) is 0 Å². The van der Waals surface area contributed by atoms with Crippen LogP contribution in [0.15, 0.2) is 66.7 Å². The molecular weight excluding hydrogens is 334 g/mol. The molecule has 132 valence electrons. The molecule has 3 rings (SSSR count). The summed E-state index contributed by atoms with van der Waals surface area (Å²) in [5, 5.41) is 15.2. The van der Waals surface area contributed by atoms with Crippen LogP contribution < -0.4 is 19.9 Å². The summed E-state index contributed by atoms with van der Waals surface area (Å²) in [7, 11) is 0. The van der Waals surface area contributed by atoms with E-state index >= 15 is 0 Å². The number of carboxylic acid groups (broad SMARTS) is 1. The SMILES string of the molecule is O=C([O-])COc1ccc(NC(=O)COc2ccc3ccccc3c2)cc1. The molecule has 1 N–H and O–H groups in total. The van der Waals surface area contributed by atoms with Crippen molar-refractivity contribution in [1.29, 1.82) is 0 Å². The summed E-state index contributed by atoms with van der Waals surface area (Å²) >= 11 is 0. The minimum atomic E-state index is -1.30. The third-order valence-corrected chi connectivity index (χ3v) is 3.59. The first-order valence-corrected chi connectivity index (χ1v) is 7.94. The zero-order chi connectivity index (χ0) is 18.4. The monoisotopic (exact) mass is 350 g/mol. The number of hydrogen-bond acceptors (Lipinski definition) is 5. The number of ether oxygens (including phenoxy) is 2. The molecule has 0 heterocycles. The number of amides is 1. The number of nitrogens with one attached hydrogen (secondary N) is 1. The average Bonchev–Trinajstić information content (AvgIpc) is 2.65. The summed E-state index contributed by atoms with van der Waals surface area (Å²) in [4.78, 5) is 22.3. The van der Waals surface area contributed by atoms with Crippen LogP contribution in [0.25, 0.3) is 10.8 Å². The highest BCUT2D eigenvalue weighted by Gasteiger charge is 2.05. The number of anilines is 1. The Labute approximate surface area is 150 Å². The fraction of sp³-hybridized carbons (Fsp3) is 0.100. The van der Waals surface area contributed by atoms with Crippen molar-refractivity contribution in [3.63, 3.8) is 0 Å². The lowest BCUT2D eigenvalue weighted by molar-refractivity contribution is -0.307. The Bertz CT molecular complexity index is 921. The van der Waals surface area contributed by atoms with Crippen LogP contribution in [-0.2, 0) is 9.59 Å². The quantitative estimate of drug-likeness (QED) is 0.704. The van der Waals surface area contributed by atoms with Crippen molar-refractivity contribution >= 4 is 28.3 Å². The van der Waals surface area contributed by atoms with Gasteiger partial charge < -0.3 is 24.7 Å². The number of rotatable bonds is 7. The minimum Gasteiger partial charge on any atom is -0.546 e. The van der Waals surface area contributed by atoms with Gasteiger partial charge in [0.1, 0.15) is 18.1 Å². The lowest BCUT2D eigenvalue weighted by Crippen LogP contribution is -2.28. The molecule has 0 fully saturated rings. The van der Waals surface area contributed by atoms with E-state index in [0.717, 1.165) is 10.8 Å². The second kappa shape index (κ2) is 8.02. The normalized spacial score (nSPS) is 10.3. The van der Waals surface area contributed by atoms with E-state index in [1.807, 2.05) is 42.5 Å². The Hall–Kier alpha value is -3.54. The second-order valence-corrected chi connectivity index (χ2v) is 5.53. The van der Waals surface area contributed by atoms with Gasteiger partial charge in [-0.25, -0.2) is 0 Å². The van der Waals surface area contributed by atoms with Gasteiger partial charge in [-0.1, -0.05) is 30.3 Å². The standard InChI is InChI=1S/C20H17NO5/c22-19(21-16-6-9-17(10-7-16)26-13-20(23)24)12-25-18-8-5-14-3-1-2-4-15(14)11-18/h1-11H,12-13H2,(H,21,22)(H,23,24)/p-1. The first-order valence-electron chi connectivity index (χ1n) is 7.94. The molecule has 3 aromatic rings. The van der Waals surface area contributed by atoms with Gasteiger partial charge in [0.2, 0.25) is 0 Å². The topological polar surface area (TPSA) is 87.7 Å². The van der Waals surface area contributed by atoms with Crippen molar-refractivity contribution in [2.45, 2.75) is 0 Å². The number of carbonyl (C=O) groups excluding carboxylic acids is 2. The second-order valence-electron chi connectivity index (χ2n) is 5.53. The maximum Gasteiger partial charge on any atom is 0.262 e. The Morgan fingerprint density at radius 3 is 2.19 bits per heavy atom.